The van der Waals surface area contributed by atoms with E-state index in [1.807, 2.05) is 13.8 Å². The van der Waals surface area contributed by atoms with Crippen molar-refractivity contribution in [3.05, 3.63) is 28.0 Å². The van der Waals surface area contributed by atoms with Gasteiger partial charge in [-0.25, -0.2) is 4.79 Å². The number of carbonyl (C=O) groups excluding carboxylic acids is 1. The Morgan fingerprint density at radius 1 is 1.56 bits per heavy atom. The van der Waals surface area contributed by atoms with Gasteiger partial charge in [0.2, 0.25) is 0 Å². The predicted octanol–water partition coefficient (Wildman–Crippen LogP) is 2.72. The first-order valence-electron chi connectivity index (χ1n) is 5.73. The van der Waals surface area contributed by atoms with Crippen molar-refractivity contribution in [1.82, 2.24) is 4.90 Å². The highest BCUT2D eigenvalue weighted by Gasteiger charge is 2.19. The molecule has 98 valence electrons. The van der Waals surface area contributed by atoms with Crippen LogP contribution in [0.1, 0.15) is 35.5 Å². The molecule has 1 amide bonds. The zero-order valence-corrected chi connectivity index (χ0v) is 11.5. The van der Waals surface area contributed by atoms with Crippen LogP contribution in [0.25, 0.3) is 6.08 Å². The van der Waals surface area contributed by atoms with Gasteiger partial charge in [-0.15, -0.1) is 11.3 Å². The van der Waals surface area contributed by atoms with Gasteiger partial charge in [-0.05, 0) is 36.4 Å². The van der Waals surface area contributed by atoms with Crippen molar-refractivity contribution in [1.29, 1.82) is 0 Å². The van der Waals surface area contributed by atoms with E-state index >= 15 is 0 Å². The molecule has 0 radical (unpaired) electrons. The van der Waals surface area contributed by atoms with Gasteiger partial charge < -0.3 is 10.0 Å². The zero-order chi connectivity index (χ0) is 13.7. The molecule has 1 N–H and O–H groups in total. The molecule has 5 heteroatoms. The maximum Gasteiger partial charge on any atom is 0.328 e. The van der Waals surface area contributed by atoms with E-state index in [0.717, 1.165) is 12.5 Å². The zero-order valence-electron chi connectivity index (χ0n) is 10.7. The number of amides is 1. The molecule has 0 fully saturated rings. The fraction of sp³-hybridized carbons (Fsp3) is 0.385. The Morgan fingerprint density at radius 2 is 2.22 bits per heavy atom. The molecule has 0 saturated heterocycles. The summed E-state index contributed by atoms with van der Waals surface area (Å²) < 4.78 is 0. The average Bonchev–Trinajstić information content (AvgIpc) is 2.81. The van der Waals surface area contributed by atoms with Crippen LogP contribution in [0.15, 0.2) is 17.5 Å². The van der Waals surface area contributed by atoms with E-state index in [9.17, 15) is 9.59 Å². The van der Waals surface area contributed by atoms with Crippen molar-refractivity contribution in [2.24, 2.45) is 0 Å². The van der Waals surface area contributed by atoms with E-state index in [2.05, 4.69) is 0 Å². The van der Waals surface area contributed by atoms with Gasteiger partial charge in [0.05, 0.1) is 4.88 Å². The molecule has 1 rings (SSSR count). The summed E-state index contributed by atoms with van der Waals surface area (Å²) in [5.41, 5.74) is 0.655. The minimum atomic E-state index is -1.02. The maximum atomic E-state index is 12.2. The first-order chi connectivity index (χ1) is 8.47. The second kappa shape index (κ2) is 6.35. The topological polar surface area (TPSA) is 57.6 Å². The average molecular weight is 267 g/mol. The lowest BCUT2D eigenvalue weighted by Gasteiger charge is -2.23. The van der Waals surface area contributed by atoms with Gasteiger partial charge in [-0.1, -0.05) is 6.92 Å². The summed E-state index contributed by atoms with van der Waals surface area (Å²) in [4.78, 5) is 25.0. The van der Waals surface area contributed by atoms with Gasteiger partial charge in [-0.2, -0.15) is 0 Å². The number of thiophene rings is 1. The normalized spacial score (nSPS) is 12.6. The van der Waals surface area contributed by atoms with E-state index < -0.39 is 5.97 Å². The number of hydrogen-bond donors (Lipinski definition) is 1. The van der Waals surface area contributed by atoms with E-state index in [0.29, 0.717) is 10.4 Å². The van der Waals surface area contributed by atoms with Gasteiger partial charge in [0.1, 0.15) is 0 Å². The van der Waals surface area contributed by atoms with Crippen molar-refractivity contribution < 1.29 is 14.7 Å². The van der Waals surface area contributed by atoms with Crippen LogP contribution in [0.5, 0.6) is 0 Å². The summed E-state index contributed by atoms with van der Waals surface area (Å²) in [6.45, 7) is 4.01. The van der Waals surface area contributed by atoms with Crippen LogP contribution in [0.4, 0.5) is 0 Å². The molecule has 0 saturated carbocycles. The lowest BCUT2D eigenvalue weighted by atomic mass is 10.2. The van der Waals surface area contributed by atoms with Gasteiger partial charge in [0.15, 0.2) is 0 Å². The quantitative estimate of drug-likeness (QED) is 0.834. The van der Waals surface area contributed by atoms with Crippen LogP contribution in [0.3, 0.4) is 0 Å². The van der Waals surface area contributed by atoms with Crippen LogP contribution >= 0.6 is 11.3 Å². The van der Waals surface area contributed by atoms with Crippen molar-refractivity contribution in [2.75, 3.05) is 7.05 Å². The molecule has 0 aliphatic rings. The van der Waals surface area contributed by atoms with Gasteiger partial charge in [-0.3, -0.25) is 4.79 Å². The summed E-state index contributed by atoms with van der Waals surface area (Å²) in [5.74, 6) is -1.08. The lowest BCUT2D eigenvalue weighted by Crippen LogP contribution is -2.34. The first kappa shape index (κ1) is 14.4. The molecule has 0 aliphatic carbocycles. The molecule has 0 aliphatic heterocycles. The van der Waals surface area contributed by atoms with E-state index in [1.165, 1.54) is 17.4 Å². The Morgan fingerprint density at radius 3 is 2.78 bits per heavy atom. The number of rotatable bonds is 5. The van der Waals surface area contributed by atoms with Crippen LogP contribution < -0.4 is 0 Å². The molecule has 0 bridgehead atoms. The second-order valence-electron chi connectivity index (χ2n) is 4.05. The van der Waals surface area contributed by atoms with Crippen molar-refractivity contribution >= 4 is 29.3 Å². The molecule has 1 atom stereocenters. The Balaban J connectivity index is 2.93. The van der Waals surface area contributed by atoms with Crippen LogP contribution in [0.2, 0.25) is 0 Å². The number of nitrogens with zero attached hydrogens (tertiary/aromatic N) is 1. The third kappa shape index (κ3) is 3.43. The third-order valence-electron chi connectivity index (χ3n) is 2.87. The minimum absolute atomic E-state index is 0.0654. The summed E-state index contributed by atoms with van der Waals surface area (Å²) in [5, 5.41) is 10.4. The van der Waals surface area contributed by atoms with Gasteiger partial charge in [0, 0.05) is 19.2 Å². The molecule has 4 nitrogen and oxygen atoms in total. The molecule has 1 aromatic heterocycles. The summed E-state index contributed by atoms with van der Waals surface area (Å²) in [6, 6.07) is 1.91. The van der Waals surface area contributed by atoms with Crippen LogP contribution in [-0.4, -0.2) is 35.0 Å². The molecule has 0 aromatic carbocycles. The molecule has 1 aromatic rings. The molecule has 1 unspecified atom stereocenters. The third-order valence-corrected chi connectivity index (χ3v) is 3.79. The molecular weight excluding hydrogens is 250 g/mol. The Bertz CT molecular complexity index is 465. The fourth-order valence-corrected chi connectivity index (χ4v) is 2.29. The van der Waals surface area contributed by atoms with Gasteiger partial charge in [0.25, 0.3) is 5.91 Å². The largest absolute Gasteiger partial charge is 0.478 e. The van der Waals surface area contributed by atoms with Crippen LogP contribution in [-0.2, 0) is 4.79 Å². The summed E-state index contributed by atoms with van der Waals surface area (Å²) >= 11 is 1.33. The van der Waals surface area contributed by atoms with Crippen molar-refractivity contribution in [3.8, 4) is 0 Å². The first-order valence-corrected chi connectivity index (χ1v) is 6.61. The highest BCUT2D eigenvalue weighted by Crippen LogP contribution is 2.21. The molecular formula is C13H17NO3S. The Hall–Kier alpha value is -1.62. The number of hydrogen-bond acceptors (Lipinski definition) is 3. The van der Waals surface area contributed by atoms with Gasteiger partial charge >= 0.3 is 5.97 Å². The van der Waals surface area contributed by atoms with Crippen molar-refractivity contribution in [3.63, 3.8) is 0 Å². The van der Waals surface area contributed by atoms with E-state index in [-0.39, 0.29) is 11.9 Å². The smallest absolute Gasteiger partial charge is 0.328 e. The lowest BCUT2D eigenvalue weighted by molar-refractivity contribution is -0.131. The summed E-state index contributed by atoms with van der Waals surface area (Å²) in [6.07, 6.45) is 3.38. The summed E-state index contributed by atoms with van der Waals surface area (Å²) in [7, 11) is 1.76. The number of carboxylic acid groups (broad SMARTS) is 1. The second-order valence-corrected chi connectivity index (χ2v) is 4.97. The molecule has 18 heavy (non-hydrogen) atoms. The molecule has 1 heterocycles. The highest BCUT2D eigenvalue weighted by molar-refractivity contribution is 7.12. The van der Waals surface area contributed by atoms with Crippen molar-refractivity contribution in [2.45, 2.75) is 26.3 Å². The SMILES string of the molecule is CCC(C)N(C)C(=O)c1sccc1C=CC(=O)O. The minimum Gasteiger partial charge on any atom is -0.478 e. The predicted molar refractivity (Wildman–Crippen MR) is 72.8 cm³/mol. The van der Waals surface area contributed by atoms with E-state index in [1.54, 1.807) is 23.4 Å². The monoisotopic (exact) mass is 267 g/mol. The highest BCUT2D eigenvalue weighted by atomic mass is 32.1. The molecule has 0 spiro atoms. The Kier molecular flexibility index (Phi) is 5.09. The fourth-order valence-electron chi connectivity index (χ4n) is 1.42. The number of aliphatic carboxylic acids is 1. The van der Waals surface area contributed by atoms with Crippen LogP contribution in [0, 0.1) is 0 Å². The maximum absolute atomic E-state index is 12.2. The number of carboxylic acids is 1. The Labute approximate surface area is 111 Å². The van der Waals surface area contributed by atoms with E-state index in [4.69, 9.17) is 5.11 Å². The standard InChI is InChI=1S/C13H17NO3S/c1-4-9(2)14(3)13(17)12-10(7-8-18-12)5-6-11(15)16/h5-9H,4H2,1-3H3,(H,15,16). The number of carbonyl (C=O) groups is 2.